The minimum Gasteiger partial charge on any atom is -0.495 e. The van der Waals surface area contributed by atoms with E-state index < -0.39 is 0 Å². The number of hydrogen-bond donors (Lipinski definition) is 2. The summed E-state index contributed by atoms with van der Waals surface area (Å²) in [5, 5.41) is 2.80. The maximum Gasteiger partial charge on any atom is 0.241 e. The molecule has 94 valence electrons. The molecule has 3 N–H and O–H groups in total. The Morgan fingerprint density at radius 2 is 2.12 bits per heavy atom. The molecule has 0 heterocycles. The van der Waals surface area contributed by atoms with Gasteiger partial charge in [0.1, 0.15) is 5.75 Å². The second kappa shape index (κ2) is 5.54. The van der Waals surface area contributed by atoms with Gasteiger partial charge in [-0.05, 0) is 39.2 Å². The lowest BCUT2D eigenvalue weighted by Crippen LogP contribution is -2.37. The second-order valence-corrected chi connectivity index (χ2v) is 4.09. The summed E-state index contributed by atoms with van der Waals surface area (Å²) in [7, 11) is 5.25. The van der Waals surface area contributed by atoms with Crippen molar-refractivity contribution in [1.82, 2.24) is 4.90 Å². The van der Waals surface area contributed by atoms with Crippen molar-refractivity contribution in [3.05, 3.63) is 18.2 Å². The van der Waals surface area contributed by atoms with Crippen LogP contribution in [0.3, 0.4) is 0 Å². The van der Waals surface area contributed by atoms with Gasteiger partial charge in [0.25, 0.3) is 0 Å². The van der Waals surface area contributed by atoms with Crippen LogP contribution < -0.4 is 15.8 Å². The molecule has 0 aliphatic heterocycles. The maximum absolute atomic E-state index is 11.9. The predicted octanol–water partition coefficient (Wildman–Crippen LogP) is 1.17. The van der Waals surface area contributed by atoms with Crippen LogP contribution in [0.1, 0.15) is 6.92 Å². The van der Waals surface area contributed by atoms with Gasteiger partial charge in [-0.1, -0.05) is 0 Å². The lowest BCUT2D eigenvalue weighted by Gasteiger charge is -2.19. The van der Waals surface area contributed by atoms with Crippen LogP contribution in [0.25, 0.3) is 0 Å². The third-order valence-electron chi connectivity index (χ3n) is 2.64. The summed E-state index contributed by atoms with van der Waals surface area (Å²) < 4.78 is 5.16. The first-order valence-electron chi connectivity index (χ1n) is 5.36. The molecule has 17 heavy (non-hydrogen) atoms. The molecule has 1 aromatic rings. The van der Waals surface area contributed by atoms with Gasteiger partial charge in [-0.25, -0.2) is 0 Å². The molecule has 0 aliphatic carbocycles. The van der Waals surface area contributed by atoms with Gasteiger partial charge >= 0.3 is 0 Å². The number of nitrogens with one attached hydrogen (secondary N) is 1. The number of methoxy groups -OCH3 is 1. The van der Waals surface area contributed by atoms with E-state index in [2.05, 4.69) is 5.32 Å². The Balaban J connectivity index is 2.87. The SMILES string of the molecule is COc1ccc(N)cc1NC(=O)C(C)N(C)C. The monoisotopic (exact) mass is 237 g/mol. The van der Waals surface area contributed by atoms with Gasteiger partial charge in [0.05, 0.1) is 18.8 Å². The highest BCUT2D eigenvalue weighted by Crippen LogP contribution is 2.26. The number of amides is 1. The van der Waals surface area contributed by atoms with Crippen LogP contribution in [0.15, 0.2) is 18.2 Å². The van der Waals surface area contributed by atoms with Crippen molar-refractivity contribution in [3.63, 3.8) is 0 Å². The smallest absolute Gasteiger partial charge is 0.241 e. The number of likely N-dealkylation sites (N-methyl/N-ethyl adjacent to an activating group) is 1. The average molecular weight is 237 g/mol. The van der Waals surface area contributed by atoms with Crippen LogP contribution in [-0.4, -0.2) is 38.1 Å². The maximum atomic E-state index is 11.9. The number of nitrogens with zero attached hydrogens (tertiary/aromatic N) is 1. The molecule has 5 heteroatoms. The van der Waals surface area contributed by atoms with Crippen molar-refractivity contribution in [2.75, 3.05) is 32.3 Å². The summed E-state index contributed by atoms with van der Waals surface area (Å²) in [6.45, 7) is 1.83. The minimum atomic E-state index is -0.221. The first kappa shape index (κ1) is 13.3. The van der Waals surface area contributed by atoms with Crippen molar-refractivity contribution in [1.29, 1.82) is 0 Å². The van der Waals surface area contributed by atoms with Gasteiger partial charge in [0, 0.05) is 5.69 Å². The molecular formula is C12H19N3O2. The van der Waals surface area contributed by atoms with Crippen LogP contribution >= 0.6 is 0 Å². The molecule has 1 rings (SSSR count). The fourth-order valence-electron chi connectivity index (χ4n) is 1.29. The van der Waals surface area contributed by atoms with E-state index in [1.165, 1.54) is 0 Å². The first-order valence-corrected chi connectivity index (χ1v) is 5.36. The van der Waals surface area contributed by atoms with Gasteiger partial charge in [-0.3, -0.25) is 9.69 Å². The van der Waals surface area contributed by atoms with Crippen molar-refractivity contribution in [3.8, 4) is 5.75 Å². The number of rotatable bonds is 4. The molecule has 0 saturated heterocycles. The van der Waals surface area contributed by atoms with Gasteiger partial charge in [0.2, 0.25) is 5.91 Å². The Kier molecular flexibility index (Phi) is 4.34. The van der Waals surface area contributed by atoms with Gasteiger partial charge < -0.3 is 15.8 Å². The Morgan fingerprint density at radius 3 is 2.65 bits per heavy atom. The van der Waals surface area contributed by atoms with Crippen LogP contribution in [0.4, 0.5) is 11.4 Å². The summed E-state index contributed by atoms with van der Waals surface area (Å²) in [5.74, 6) is 0.498. The van der Waals surface area contributed by atoms with Crippen molar-refractivity contribution >= 4 is 17.3 Å². The summed E-state index contributed by atoms with van der Waals surface area (Å²) in [6, 6.07) is 4.91. The third kappa shape index (κ3) is 3.35. The van der Waals surface area contributed by atoms with E-state index in [0.29, 0.717) is 17.1 Å². The summed E-state index contributed by atoms with van der Waals surface area (Å²) >= 11 is 0. The number of carbonyl (C=O) groups excluding carboxylic acids is 1. The fourth-order valence-corrected chi connectivity index (χ4v) is 1.29. The molecule has 0 spiro atoms. The normalized spacial score (nSPS) is 12.3. The van der Waals surface area contributed by atoms with Crippen molar-refractivity contribution in [2.45, 2.75) is 13.0 Å². The van der Waals surface area contributed by atoms with Crippen LogP contribution in [0.2, 0.25) is 0 Å². The van der Waals surface area contributed by atoms with E-state index in [1.54, 1.807) is 25.3 Å². The molecule has 0 fully saturated rings. The number of benzene rings is 1. The van der Waals surface area contributed by atoms with E-state index in [-0.39, 0.29) is 11.9 Å². The van der Waals surface area contributed by atoms with Gasteiger partial charge in [-0.2, -0.15) is 0 Å². The molecule has 1 unspecified atom stereocenters. The number of anilines is 2. The van der Waals surface area contributed by atoms with Crippen LogP contribution in [0.5, 0.6) is 5.75 Å². The highest BCUT2D eigenvalue weighted by atomic mass is 16.5. The van der Waals surface area contributed by atoms with Crippen molar-refractivity contribution in [2.24, 2.45) is 0 Å². The summed E-state index contributed by atoms with van der Waals surface area (Å²) in [4.78, 5) is 13.7. The van der Waals surface area contributed by atoms with E-state index in [1.807, 2.05) is 25.9 Å². The molecule has 0 aliphatic rings. The molecule has 1 atom stereocenters. The van der Waals surface area contributed by atoms with Gasteiger partial charge in [-0.15, -0.1) is 0 Å². The summed E-state index contributed by atoms with van der Waals surface area (Å²) in [6.07, 6.45) is 0. The van der Waals surface area contributed by atoms with Crippen LogP contribution in [0, 0.1) is 0 Å². The molecule has 0 saturated carbocycles. The highest BCUT2D eigenvalue weighted by molar-refractivity contribution is 5.96. The molecule has 5 nitrogen and oxygen atoms in total. The third-order valence-corrected chi connectivity index (χ3v) is 2.64. The molecule has 1 amide bonds. The van der Waals surface area contributed by atoms with E-state index in [4.69, 9.17) is 10.5 Å². The van der Waals surface area contributed by atoms with E-state index in [9.17, 15) is 4.79 Å². The second-order valence-electron chi connectivity index (χ2n) is 4.09. The Morgan fingerprint density at radius 1 is 1.47 bits per heavy atom. The zero-order valence-electron chi connectivity index (χ0n) is 10.7. The standard InChI is InChI=1S/C12H19N3O2/c1-8(15(2)3)12(16)14-10-7-9(13)5-6-11(10)17-4/h5-8H,13H2,1-4H3,(H,14,16). The zero-order valence-corrected chi connectivity index (χ0v) is 10.7. The Hall–Kier alpha value is -1.75. The number of hydrogen-bond acceptors (Lipinski definition) is 4. The zero-order chi connectivity index (χ0) is 13.0. The van der Waals surface area contributed by atoms with Crippen LogP contribution in [-0.2, 0) is 4.79 Å². The van der Waals surface area contributed by atoms with E-state index >= 15 is 0 Å². The molecule has 0 bridgehead atoms. The lowest BCUT2D eigenvalue weighted by molar-refractivity contribution is -0.119. The fraction of sp³-hybridized carbons (Fsp3) is 0.417. The minimum absolute atomic E-state index is 0.0982. The average Bonchev–Trinajstić information content (AvgIpc) is 2.28. The Labute approximate surface area is 102 Å². The number of nitrogens with two attached hydrogens (primary N) is 1. The molecular weight excluding hydrogens is 218 g/mol. The van der Waals surface area contributed by atoms with E-state index in [0.717, 1.165) is 0 Å². The van der Waals surface area contributed by atoms with Crippen molar-refractivity contribution < 1.29 is 9.53 Å². The molecule has 1 aromatic carbocycles. The Bertz CT molecular complexity index is 405. The summed E-state index contributed by atoms with van der Waals surface area (Å²) in [5.41, 5.74) is 6.85. The topological polar surface area (TPSA) is 67.6 Å². The van der Waals surface area contributed by atoms with Gasteiger partial charge in [0.15, 0.2) is 0 Å². The number of ether oxygens (including phenoxy) is 1. The number of carbonyl (C=O) groups is 1. The molecule has 0 radical (unpaired) electrons. The largest absolute Gasteiger partial charge is 0.495 e. The lowest BCUT2D eigenvalue weighted by atomic mass is 10.2. The first-order chi connectivity index (χ1) is 7.95. The predicted molar refractivity (Wildman–Crippen MR) is 69.2 cm³/mol. The number of nitrogen functional groups attached to an aromatic ring is 1. The quantitative estimate of drug-likeness (QED) is 0.771. The highest BCUT2D eigenvalue weighted by Gasteiger charge is 2.16. The molecule has 0 aromatic heterocycles.